The Labute approximate surface area is 102 Å². The molecule has 0 saturated carbocycles. The summed E-state index contributed by atoms with van der Waals surface area (Å²) in [5.41, 5.74) is 2.06. The van der Waals surface area contributed by atoms with Crippen LogP contribution in [0.3, 0.4) is 0 Å². The van der Waals surface area contributed by atoms with Crippen molar-refractivity contribution in [3.8, 4) is 11.3 Å². The molecule has 2 aromatic heterocycles. The van der Waals surface area contributed by atoms with Crippen LogP contribution in [0.2, 0.25) is 0 Å². The van der Waals surface area contributed by atoms with Crippen molar-refractivity contribution in [2.45, 2.75) is 19.9 Å². The van der Waals surface area contributed by atoms with Crippen LogP contribution in [0.5, 0.6) is 0 Å². The topological polar surface area (TPSA) is 42.7 Å². The molecule has 0 atom stereocenters. The predicted octanol–water partition coefficient (Wildman–Crippen LogP) is 1.94. The van der Waals surface area contributed by atoms with Crippen molar-refractivity contribution in [2.75, 3.05) is 13.1 Å². The predicted molar refractivity (Wildman–Crippen MR) is 68.6 cm³/mol. The first-order chi connectivity index (χ1) is 8.40. The van der Waals surface area contributed by atoms with Crippen molar-refractivity contribution >= 4 is 0 Å². The van der Waals surface area contributed by atoms with Gasteiger partial charge < -0.3 is 9.88 Å². The number of nitrogens with zero attached hydrogens (tertiary/aromatic N) is 3. The summed E-state index contributed by atoms with van der Waals surface area (Å²) in [4.78, 5) is 8.49. The van der Waals surface area contributed by atoms with E-state index in [1.165, 1.54) is 0 Å². The number of imidazole rings is 1. The molecule has 0 unspecified atom stereocenters. The molecular formula is C13H18N4. The fourth-order valence-electron chi connectivity index (χ4n) is 1.71. The second-order valence-corrected chi connectivity index (χ2v) is 3.95. The average molecular weight is 230 g/mol. The molecular weight excluding hydrogens is 212 g/mol. The molecule has 0 bridgehead atoms. The zero-order valence-corrected chi connectivity index (χ0v) is 10.1. The molecule has 0 aromatic carbocycles. The molecule has 90 valence electrons. The van der Waals surface area contributed by atoms with E-state index < -0.39 is 0 Å². The van der Waals surface area contributed by atoms with Crippen molar-refractivity contribution in [3.63, 3.8) is 0 Å². The minimum absolute atomic E-state index is 0.988. The zero-order chi connectivity index (χ0) is 11.9. The van der Waals surface area contributed by atoms with Crippen LogP contribution in [0.15, 0.2) is 37.1 Å². The normalized spacial score (nSPS) is 10.6. The van der Waals surface area contributed by atoms with E-state index in [0.29, 0.717) is 0 Å². The standard InChI is InChI=1S/C13H18N4/c1-2-14-7-4-8-17-10-13(16-11-17)12-5-3-6-15-9-12/h3,5-6,9-11,14H,2,4,7-8H2,1H3. The Kier molecular flexibility index (Phi) is 4.27. The number of hydrogen-bond donors (Lipinski definition) is 1. The summed E-state index contributed by atoms with van der Waals surface area (Å²) in [6, 6.07) is 3.96. The second-order valence-electron chi connectivity index (χ2n) is 3.95. The molecule has 0 aliphatic carbocycles. The Morgan fingerprint density at radius 2 is 2.35 bits per heavy atom. The Morgan fingerprint density at radius 3 is 3.12 bits per heavy atom. The largest absolute Gasteiger partial charge is 0.337 e. The third-order valence-corrected chi connectivity index (χ3v) is 2.61. The van der Waals surface area contributed by atoms with Crippen molar-refractivity contribution in [1.29, 1.82) is 0 Å². The van der Waals surface area contributed by atoms with Crippen molar-refractivity contribution in [3.05, 3.63) is 37.1 Å². The minimum Gasteiger partial charge on any atom is -0.337 e. The summed E-state index contributed by atoms with van der Waals surface area (Å²) >= 11 is 0. The molecule has 4 nitrogen and oxygen atoms in total. The summed E-state index contributed by atoms with van der Waals surface area (Å²) < 4.78 is 2.12. The van der Waals surface area contributed by atoms with E-state index in [4.69, 9.17) is 0 Å². The molecule has 2 aromatic rings. The van der Waals surface area contributed by atoms with E-state index in [-0.39, 0.29) is 0 Å². The van der Waals surface area contributed by atoms with E-state index in [1.807, 2.05) is 24.7 Å². The first kappa shape index (κ1) is 11.8. The molecule has 0 radical (unpaired) electrons. The Bertz CT molecular complexity index is 436. The first-order valence-corrected chi connectivity index (χ1v) is 6.03. The zero-order valence-electron chi connectivity index (χ0n) is 10.1. The van der Waals surface area contributed by atoms with Gasteiger partial charge >= 0.3 is 0 Å². The van der Waals surface area contributed by atoms with Gasteiger partial charge in [0.15, 0.2) is 0 Å². The Hall–Kier alpha value is -1.68. The van der Waals surface area contributed by atoms with Crippen LogP contribution in [0.25, 0.3) is 11.3 Å². The molecule has 1 N–H and O–H groups in total. The van der Waals surface area contributed by atoms with Gasteiger partial charge in [-0.2, -0.15) is 0 Å². The van der Waals surface area contributed by atoms with Gasteiger partial charge in [0, 0.05) is 30.7 Å². The van der Waals surface area contributed by atoms with Gasteiger partial charge in [0.1, 0.15) is 0 Å². The Morgan fingerprint density at radius 1 is 1.41 bits per heavy atom. The fourth-order valence-corrected chi connectivity index (χ4v) is 1.71. The number of pyridine rings is 1. The van der Waals surface area contributed by atoms with E-state index in [0.717, 1.165) is 37.3 Å². The third-order valence-electron chi connectivity index (χ3n) is 2.61. The minimum atomic E-state index is 0.988. The molecule has 0 aliphatic heterocycles. The number of hydrogen-bond acceptors (Lipinski definition) is 3. The van der Waals surface area contributed by atoms with Crippen LogP contribution < -0.4 is 5.32 Å². The number of rotatable bonds is 6. The molecule has 2 heterocycles. The summed E-state index contributed by atoms with van der Waals surface area (Å²) in [7, 11) is 0. The highest BCUT2D eigenvalue weighted by Crippen LogP contribution is 2.14. The smallest absolute Gasteiger partial charge is 0.0953 e. The molecule has 2 rings (SSSR count). The SMILES string of the molecule is CCNCCCn1cnc(-c2cccnc2)c1. The highest BCUT2D eigenvalue weighted by molar-refractivity contribution is 5.56. The highest BCUT2D eigenvalue weighted by atomic mass is 15.0. The molecule has 0 aliphatic rings. The van der Waals surface area contributed by atoms with E-state index in [9.17, 15) is 0 Å². The maximum atomic E-state index is 4.39. The lowest BCUT2D eigenvalue weighted by Crippen LogP contribution is -2.15. The molecule has 4 heteroatoms. The molecule has 17 heavy (non-hydrogen) atoms. The van der Waals surface area contributed by atoms with Crippen LogP contribution in [-0.4, -0.2) is 27.6 Å². The lowest BCUT2D eigenvalue weighted by Gasteiger charge is -2.02. The third kappa shape index (κ3) is 3.39. The first-order valence-electron chi connectivity index (χ1n) is 6.03. The summed E-state index contributed by atoms with van der Waals surface area (Å²) in [6.45, 7) is 5.21. The molecule has 0 amide bonds. The van der Waals surface area contributed by atoms with Gasteiger partial charge in [-0.25, -0.2) is 4.98 Å². The van der Waals surface area contributed by atoms with E-state index in [1.54, 1.807) is 6.20 Å². The monoisotopic (exact) mass is 230 g/mol. The highest BCUT2D eigenvalue weighted by Gasteiger charge is 2.01. The van der Waals surface area contributed by atoms with Gasteiger partial charge in [-0.05, 0) is 31.6 Å². The van der Waals surface area contributed by atoms with E-state index in [2.05, 4.69) is 33.0 Å². The maximum absolute atomic E-state index is 4.39. The van der Waals surface area contributed by atoms with Crippen LogP contribution in [0.1, 0.15) is 13.3 Å². The van der Waals surface area contributed by atoms with Gasteiger partial charge in [-0.3, -0.25) is 4.98 Å². The lowest BCUT2D eigenvalue weighted by atomic mass is 10.2. The Balaban J connectivity index is 1.92. The fraction of sp³-hybridized carbons (Fsp3) is 0.385. The van der Waals surface area contributed by atoms with Crippen LogP contribution in [0.4, 0.5) is 0 Å². The van der Waals surface area contributed by atoms with Gasteiger partial charge in [-0.15, -0.1) is 0 Å². The average Bonchev–Trinajstić information content (AvgIpc) is 2.85. The van der Waals surface area contributed by atoms with Gasteiger partial charge in [0.25, 0.3) is 0 Å². The number of aromatic nitrogens is 3. The van der Waals surface area contributed by atoms with Gasteiger partial charge in [0.05, 0.1) is 12.0 Å². The van der Waals surface area contributed by atoms with Crippen LogP contribution >= 0.6 is 0 Å². The lowest BCUT2D eigenvalue weighted by molar-refractivity contribution is 0.592. The van der Waals surface area contributed by atoms with Crippen molar-refractivity contribution < 1.29 is 0 Å². The van der Waals surface area contributed by atoms with Crippen LogP contribution in [0, 0.1) is 0 Å². The van der Waals surface area contributed by atoms with Gasteiger partial charge in [0.2, 0.25) is 0 Å². The van der Waals surface area contributed by atoms with Crippen molar-refractivity contribution in [2.24, 2.45) is 0 Å². The summed E-state index contributed by atoms with van der Waals surface area (Å²) in [6.07, 6.45) is 8.69. The second kappa shape index (κ2) is 6.15. The van der Waals surface area contributed by atoms with Crippen LogP contribution in [-0.2, 0) is 6.54 Å². The van der Waals surface area contributed by atoms with E-state index >= 15 is 0 Å². The van der Waals surface area contributed by atoms with Crippen molar-refractivity contribution in [1.82, 2.24) is 19.9 Å². The summed E-state index contributed by atoms with van der Waals surface area (Å²) in [5.74, 6) is 0. The molecule has 0 spiro atoms. The number of aryl methyl sites for hydroxylation is 1. The molecule has 0 fully saturated rings. The number of nitrogens with one attached hydrogen (secondary N) is 1. The van der Waals surface area contributed by atoms with Gasteiger partial charge in [-0.1, -0.05) is 6.92 Å². The summed E-state index contributed by atoms with van der Waals surface area (Å²) in [5, 5.41) is 3.31. The quantitative estimate of drug-likeness (QED) is 0.771. The maximum Gasteiger partial charge on any atom is 0.0953 e. The molecule has 0 saturated heterocycles.